The van der Waals surface area contributed by atoms with Gasteiger partial charge in [0.1, 0.15) is 0 Å². The van der Waals surface area contributed by atoms with Gasteiger partial charge in [0, 0.05) is 10.5 Å². The highest BCUT2D eigenvalue weighted by molar-refractivity contribution is 14.1. The Morgan fingerprint density at radius 2 is 2.00 bits per heavy atom. The number of hydrogen-bond acceptors (Lipinski definition) is 2. The second-order valence-corrected chi connectivity index (χ2v) is 4.03. The molecule has 0 saturated heterocycles. The van der Waals surface area contributed by atoms with Gasteiger partial charge in [0.25, 0.3) is 5.91 Å². The van der Waals surface area contributed by atoms with Gasteiger partial charge < -0.3 is 0 Å². The highest BCUT2D eigenvalue weighted by Gasteiger charge is 2.11. The second kappa shape index (κ2) is 4.54. The van der Waals surface area contributed by atoms with Crippen LogP contribution < -0.4 is 5.32 Å². The molecule has 1 rings (SSSR count). The average Bonchev–Trinajstić information content (AvgIpc) is 2.08. The summed E-state index contributed by atoms with van der Waals surface area (Å²) >= 11 is 2.09. The topological polar surface area (TPSA) is 46.2 Å². The highest BCUT2D eigenvalue weighted by atomic mass is 127. The van der Waals surface area contributed by atoms with E-state index in [-0.39, 0.29) is 11.8 Å². The average molecular weight is 303 g/mol. The minimum atomic E-state index is -0.342. The Morgan fingerprint density at radius 3 is 2.57 bits per heavy atom. The first-order valence-electron chi connectivity index (χ1n) is 4.09. The molecule has 0 unspecified atom stereocenters. The molecule has 0 bridgehead atoms. The maximum atomic E-state index is 11.5. The molecule has 0 aliphatic carbocycles. The quantitative estimate of drug-likeness (QED) is 0.805. The van der Waals surface area contributed by atoms with Crippen molar-refractivity contribution in [2.75, 3.05) is 0 Å². The number of aryl methyl sites for hydroxylation is 1. The van der Waals surface area contributed by atoms with Crippen LogP contribution in [0.2, 0.25) is 0 Å². The molecule has 1 aromatic carbocycles. The summed E-state index contributed by atoms with van der Waals surface area (Å²) in [6, 6.07) is 5.42. The van der Waals surface area contributed by atoms with E-state index < -0.39 is 0 Å². The van der Waals surface area contributed by atoms with Gasteiger partial charge in [0.2, 0.25) is 5.91 Å². The second-order valence-electron chi connectivity index (χ2n) is 2.95. The van der Waals surface area contributed by atoms with Crippen molar-refractivity contribution in [2.45, 2.75) is 13.8 Å². The smallest absolute Gasteiger partial charge is 0.258 e. The number of carbonyl (C=O) groups excluding carboxylic acids is 2. The first-order valence-corrected chi connectivity index (χ1v) is 5.17. The minimum absolute atomic E-state index is 0.340. The molecule has 0 aliphatic rings. The van der Waals surface area contributed by atoms with Crippen LogP contribution in [-0.2, 0) is 4.79 Å². The van der Waals surface area contributed by atoms with Crippen LogP contribution in [0.3, 0.4) is 0 Å². The van der Waals surface area contributed by atoms with E-state index in [4.69, 9.17) is 0 Å². The fourth-order valence-electron chi connectivity index (χ4n) is 1.05. The third-order valence-electron chi connectivity index (χ3n) is 1.73. The van der Waals surface area contributed by atoms with E-state index in [9.17, 15) is 9.59 Å². The fourth-order valence-corrected chi connectivity index (χ4v) is 1.65. The lowest BCUT2D eigenvalue weighted by Gasteiger charge is -2.05. The van der Waals surface area contributed by atoms with E-state index in [1.54, 1.807) is 12.1 Å². The molecule has 0 aromatic heterocycles. The molecular formula is C10H10INO2. The highest BCUT2D eigenvalue weighted by Crippen LogP contribution is 2.16. The molecule has 0 atom stereocenters. The number of carbonyl (C=O) groups is 2. The summed E-state index contributed by atoms with van der Waals surface area (Å²) in [5, 5.41) is 2.24. The zero-order valence-electron chi connectivity index (χ0n) is 7.93. The molecule has 14 heavy (non-hydrogen) atoms. The van der Waals surface area contributed by atoms with Crippen LogP contribution in [0.4, 0.5) is 0 Å². The van der Waals surface area contributed by atoms with Crippen LogP contribution in [0.25, 0.3) is 0 Å². The van der Waals surface area contributed by atoms with Crippen LogP contribution in [0.15, 0.2) is 18.2 Å². The molecule has 0 fully saturated rings. The number of amides is 2. The van der Waals surface area contributed by atoms with Crippen molar-refractivity contribution in [1.82, 2.24) is 5.32 Å². The molecule has 0 saturated carbocycles. The number of imide groups is 1. The van der Waals surface area contributed by atoms with Crippen LogP contribution in [-0.4, -0.2) is 11.8 Å². The molecule has 1 aromatic rings. The summed E-state index contributed by atoms with van der Waals surface area (Å²) in [6.07, 6.45) is 0. The van der Waals surface area contributed by atoms with Crippen molar-refractivity contribution in [3.05, 3.63) is 32.9 Å². The summed E-state index contributed by atoms with van der Waals surface area (Å²) in [7, 11) is 0. The fraction of sp³-hybridized carbons (Fsp3) is 0.200. The summed E-state index contributed by atoms with van der Waals surface area (Å²) < 4.78 is 0.879. The van der Waals surface area contributed by atoms with E-state index >= 15 is 0 Å². The lowest BCUT2D eigenvalue weighted by molar-refractivity contribution is -0.118. The van der Waals surface area contributed by atoms with Crippen molar-refractivity contribution in [3.63, 3.8) is 0 Å². The number of nitrogens with one attached hydrogen (secondary N) is 1. The number of benzene rings is 1. The molecular weight excluding hydrogens is 293 g/mol. The third kappa shape index (κ3) is 2.54. The van der Waals surface area contributed by atoms with Gasteiger partial charge in [-0.25, -0.2) is 0 Å². The molecule has 0 aliphatic heterocycles. The Morgan fingerprint density at radius 1 is 1.36 bits per heavy atom. The van der Waals surface area contributed by atoms with E-state index in [1.807, 2.05) is 13.0 Å². The largest absolute Gasteiger partial charge is 0.293 e. The van der Waals surface area contributed by atoms with Crippen LogP contribution in [0.1, 0.15) is 22.8 Å². The maximum Gasteiger partial charge on any atom is 0.258 e. The van der Waals surface area contributed by atoms with Gasteiger partial charge in [-0.3, -0.25) is 14.9 Å². The zero-order chi connectivity index (χ0) is 10.7. The van der Waals surface area contributed by atoms with Gasteiger partial charge in [0.05, 0.1) is 5.56 Å². The zero-order valence-corrected chi connectivity index (χ0v) is 10.1. The van der Waals surface area contributed by atoms with E-state index in [1.165, 1.54) is 6.92 Å². The van der Waals surface area contributed by atoms with Crippen molar-refractivity contribution < 1.29 is 9.59 Å². The lowest BCUT2D eigenvalue weighted by atomic mass is 10.1. The predicted octanol–water partition coefficient (Wildman–Crippen LogP) is 1.88. The summed E-state index contributed by atoms with van der Waals surface area (Å²) in [5.41, 5.74) is 1.57. The normalized spacial score (nSPS) is 9.64. The van der Waals surface area contributed by atoms with Crippen molar-refractivity contribution in [3.8, 4) is 0 Å². The van der Waals surface area contributed by atoms with Crippen molar-refractivity contribution >= 4 is 34.4 Å². The number of hydrogen-bond donors (Lipinski definition) is 1. The van der Waals surface area contributed by atoms with Gasteiger partial charge in [-0.15, -0.1) is 0 Å². The molecule has 3 nitrogen and oxygen atoms in total. The van der Waals surface area contributed by atoms with Gasteiger partial charge in [-0.2, -0.15) is 0 Å². The Bertz CT molecular complexity index is 388. The number of halogens is 1. The minimum Gasteiger partial charge on any atom is -0.293 e. The third-order valence-corrected chi connectivity index (χ3v) is 3.16. The van der Waals surface area contributed by atoms with E-state index in [0.29, 0.717) is 5.56 Å². The Kier molecular flexibility index (Phi) is 3.62. The van der Waals surface area contributed by atoms with Gasteiger partial charge in [0.15, 0.2) is 0 Å². The van der Waals surface area contributed by atoms with Gasteiger partial charge in [-0.1, -0.05) is 12.1 Å². The van der Waals surface area contributed by atoms with Crippen LogP contribution >= 0.6 is 22.6 Å². The van der Waals surface area contributed by atoms with E-state index in [2.05, 4.69) is 27.9 Å². The van der Waals surface area contributed by atoms with E-state index in [0.717, 1.165) is 9.13 Å². The van der Waals surface area contributed by atoms with Gasteiger partial charge in [-0.05, 0) is 41.1 Å². The van der Waals surface area contributed by atoms with Crippen LogP contribution in [0.5, 0.6) is 0 Å². The van der Waals surface area contributed by atoms with Gasteiger partial charge >= 0.3 is 0 Å². The van der Waals surface area contributed by atoms with Crippen molar-refractivity contribution in [2.24, 2.45) is 0 Å². The standard InChI is InChI=1S/C10H10INO2/c1-6-4-3-5-8(9(6)11)10(14)12-7(2)13/h3-5H,1-2H3,(H,12,13,14). The predicted molar refractivity (Wildman–Crippen MR) is 62.0 cm³/mol. The molecule has 4 heteroatoms. The summed E-state index contributed by atoms with van der Waals surface area (Å²) in [5.74, 6) is -0.682. The molecule has 74 valence electrons. The van der Waals surface area contributed by atoms with Crippen LogP contribution in [0, 0.1) is 10.5 Å². The molecule has 0 spiro atoms. The Balaban J connectivity index is 3.01. The Hall–Kier alpha value is -0.910. The Labute approximate surface area is 96.0 Å². The molecule has 2 amide bonds. The first-order chi connectivity index (χ1) is 6.52. The monoisotopic (exact) mass is 303 g/mol. The maximum absolute atomic E-state index is 11.5. The lowest BCUT2D eigenvalue weighted by Crippen LogP contribution is -2.28. The van der Waals surface area contributed by atoms with Crippen molar-refractivity contribution in [1.29, 1.82) is 0 Å². The molecule has 1 N–H and O–H groups in total. The summed E-state index contributed by atoms with van der Waals surface area (Å²) in [4.78, 5) is 22.2. The molecule has 0 heterocycles. The number of rotatable bonds is 1. The first kappa shape index (κ1) is 11.2. The summed E-state index contributed by atoms with van der Waals surface area (Å²) in [6.45, 7) is 3.24. The molecule has 0 radical (unpaired) electrons. The SMILES string of the molecule is CC(=O)NC(=O)c1cccc(C)c1I.